The van der Waals surface area contributed by atoms with Gasteiger partial charge < -0.3 is 0 Å². The summed E-state index contributed by atoms with van der Waals surface area (Å²) in [6.07, 6.45) is 4.04. The van der Waals surface area contributed by atoms with Gasteiger partial charge in [0.05, 0.1) is 17.3 Å². The smallest absolute Gasteiger partial charge is 0.265 e. The molecule has 31 heavy (non-hydrogen) atoms. The second-order valence-electron chi connectivity index (χ2n) is 7.17. The van der Waals surface area contributed by atoms with Gasteiger partial charge >= 0.3 is 21.1 Å². The molecule has 0 N–H and O–H groups in total. The summed E-state index contributed by atoms with van der Waals surface area (Å²) in [5.74, 6) is -0.0684. The van der Waals surface area contributed by atoms with Crippen LogP contribution in [0.3, 0.4) is 0 Å². The Kier molecular flexibility index (Phi) is 6.29. The summed E-state index contributed by atoms with van der Waals surface area (Å²) in [6, 6.07) is 34.6. The molecule has 0 saturated heterocycles. The summed E-state index contributed by atoms with van der Waals surface area (Å²) in [6.45, 7) is 2.10. The van der Waals surface area contributed by atoms with Gasteiger partial charge in [-0.25, -0.2) is 0 Å². The number of aromatic nitrogens is 4. The fraction of sp³-hybridized carbons (Fsp3) is 0.0769. The van der Waals surface area contributed by atoms with Gasteiger partial charge in [0.25, 0.3) is 0 Å². The minimum Gasteiger partial charge on any atom is -0.265 e. The summed E-state index contributed by atoms with van der Waals surface area (Å²) < 4.78 is 3.76. The summed E-state index contributed by atoms with van der Waals surface area (Å²) in [5, 5.41) is 9.83. The topological polar surface area (TPSA) is 35.6 Å². The Hall–Kier alpha value is -3.23. The zero-order valence-electron chi connectivity index (χ0n) is 16.9. The molecule has 0 radical (unpaired) electrons. The molecule has 0 saturated carbocycles. The Balaban J connectivity index is 0.00000231. The Morgan fingerprint density at radius 1 is 0.742 bits per heavy atom. The molecule has 5 rings (SSSR count). The molecule has 0 spiro atoms. The molecule has 0 fully saturated rings. The second kappa shape index (κ2) is 9.28. The molecule has 154 valence electrons. The normalized spacial score (nSPS) is 11.6. The quantitative estimate of drug-likeness (QED) is 0.269. The third kappa shape index (κ3) is 4.30. The van der Waals surface area contributed by atoms with E-state index in [2.05, 4.69) is 55.6 Å². The minimum atomic E-state index is -0.0684. The Morgan fingerprint density at radius 3 is 2.03 bits per heavy atom. The summed E-state index contributed by atoms with van der Waals surface area (Å²) in [7, 11) is 0. The van der Waals surface area contributed by atoms with E-state index < -0.39 is 0 Å². The Labute approximate surface area is 196 Å². The van der Waals surface area contributed by atoms with Gasteiger partial charge in [-0.05, 0) is 35.5 Å². The van der Waals surface area contributed by atoms with Crippen LogP contribution in [0.2, 0.25) is 0 Å². The first kappa shape index (κ1) is 21.0. The first-order valence-corrected chi connectivity index (χ1v) is 9.90. The number of hydrogen-bond donors (Lipinski definition) is 0. The van der Waals surface area contributed by atoms with Crippen molar-refractivity contribution in [2.24, 2.45) is 0 Å². The predicted octanol–water partition coefficient (Wildman–Crippen LogP) is 5.14. The SMILES string of the molecule is Cc1cn(-c2[c-]cccc2)nc1C(c1ccccc1)c1ccn(-c2[c-]cccc2)n1.[Pt+2]. The molecular weight excluding hydrogens is 563 g/mol. The number of aryl methyl sites for hydroxylation is 1. The summed E-state index contributed by atoms with van der Waals surface area (Å²) in [4.78, 5) is 0. The van der Waals surface area contributed by atoms with Crippen molar-refractivity contribution in [3.05, 3.63) is 132 Å². The van der Waals surface area contributed by atoms with Crippen LogP contribution in [0.1, 0.15) is 28.4 Å². The van der Waals surface area contributed by atoms with E-state index in [0.29, 0.717) is 0 Å². The van der Waals surface area contributed by atoms with Crippen molar-refractivity contribution >= 4 is 0 Å². The average Bonchev–Trinajstić information content (AvgIpc) is 3.44. The molecule has 2 heterocycles. The molecule has 0 aliphatic carbocycles. The fourth-order valence-electron chi connectivity index (χ4n) is 3.68. The minimum absolute atomic E-state index is 0. The van der Waals surface area contributed by atoms with Crippen molar-refractivity contribution in [3.8, 4) is 11.4 Å². The molecule has 1 unspecified atom stereocenters. The molecule has 3 aromatic carbocycles. The van der Waals surface area contributed by atoms with Gasteiger partial charge in [-0.3, -0.25) is 9.36 Å². The molecule has 1 atom stereocenters. The molecule has 0 amide bonds. The van der Waals surface area contributed by atoms with Gasteiger partial charge in [-0.15, -0.1) is 12.1 Å². The number of nitrogens with zero attached hydrogens (tertiary/aromatic N) is 4. The van der Waals surface area contributed by atoms with E-state index in [1.807, 2.05) is 70.2 Å². The van der Waals surface area contributed by atoms with Crippen LogP contribution in [0.25, 0.3) is 11.4 Å². The maximum atomic E-state index is 4.94. The Bertz CT molecular complexity index is 1240. The van der Waals surface area contributed by atoms with Crippen LogP contribution in [-0.2, 0) is 21.1 Å². The first-order valence-electron chi connectivity index (χ1n) is 9.90. The molecule has 4 nitrogen and oxygen atoms in total. The molecular formula is C26H20N4Pt. The number of hydrogen-bond acceptors (Lipinski definition) is 2. The fourth-order valence-corrected chi connectivity index (χ4v) is 3.68. The molecule has 5 heteroatoms. The van der Waals surface area contributed by atoms with Crippen molar-refractivity contribution in [1.29, 1.82) is 0 Å². The van der Waals surface area contributed by atoms with Gasteiger partial charge in [-0.2, -0.15) is 58.7 Å². The van der Waals surface area contributed by atoms with Crippen LogP contribution in [0.15, 0.2) is 97.3 Å². The molecule has 5 aromatic rings. The Morgan fingerprint density at radius 2 is 1.39 bits per heavy atom. The van der Waals surface area contributed by atoms with Crippen LogP contribution < -0.4 is 0 Å². The zero-order chi connectivity index (χ0) is 20.3. The van der Waals surface area contributed by atoms with E-state index in [0.717, 1.165) is 33.9 Å². The van der Waals surface area contributed by atoms with Gasteiger partial charge in [0.1, 0.15) is 0 Å². The zero-order valence-corrected chi connectivity index (χ0v) is 19.2. The van der Waals surface area contributed by atoms with Crippen LogP contribution in [0.4, 0.5) is 0 Å². The predicted molar refractivity (Wildman–Crippen MR) is 117 cm³/mol. The van der Waals surface area contributed by atoms with E-state index >= 15 is 0 Å². The number of rotatable bonds is 5. The third-order valence-corrected chi connectivity index (χ3v) is 5.13. The molecule has 0 bridgehead atoms. The maximum absolute atomic E-state index is 4.94. The summed E-state index contributed by atoms with van der Waals surface area (Å²) >= 11 is 0. The number of para-hydroxylation sites is 2. The van der Waals surface area contributed by atoms with E-state index in [4.69, 9.17) is 10.2 Å². The first-order chi connectivity index (χ1) is 14.8. The monoisotopic (exact) mass is 583 g/mol. The largest absolute Gasteiger partial charge is 2.00 e. The molecule has 0 aliphatic rings. The number of benzene rings is 3. The van der Waals surface area contributed by atoms with Crippen molar-refractivity contribution in [1.82, 2.24) is 19.6 Å². The van der Waals surface area contributed by atoms with E-state index in [1.54, 1.807) is 0 Å². The standard InChI is InChI=1S/C26H20N4.Pt/c1-20-19-30(23-15-9-4-10-16-23)28-26(20)25(21-11-5-2-6-12-21)24-17-18-29(27-24)22-13-7-3-8-14-22;/h2-13,15,17-19,25H,1H3;/q-2;+2. The van der Waals surface area contributed by atoms with Crippen LogP contribution >= 0.6 is 0 Å². The van der Waals surface area contributed by atoms with Gasteiger partial charge in [-0.1, -0.05) is 30.3 Å². The van der Waals surface area contributed by atoms with Crippen molar-refractivity contribution in [3.63, 3.8) is 0 Å². The van der Waals surface area contributed by atoms with Crippen molar-refractivity contribution < 1.29 is 21.1 Å². The van der Waals surface area contributed by atoms with Crippen molar-refractivity contribution in [2.45, 2.75) is 12.8 Å². The molecule has 0 aliphatic heterocycles. The molecule has 2 aromatic heterocycles. The second-order valence-corrected chi connectivity index (χ2v) is 7.17. The summed E-state index contributed by atoms with van der Waals surface area (Å²) in [5.41, 5.74) is 6.04. The van der Waals surface area contributed by atoms with E-state index in [1.165, 1.54) is 0 Å². The van der Waals surface area contributed by atoms with E-state index in [-0.39, 0.29) is 27.0 Å². The van der Waals surface area contributed by atoms with E-state index in [9.17, 15) is 0 Å². The van der Waals surface area contributed by atoms with Gasteiger partial charge in [0.15, 0.2) is 0 Å². The van der Waals surface area contributed by atoms with Crippen molar-refractivity contribution in [2.75, 3.05) is 0 Å². The van der Waals surface area contributed by atoms with Crippen LogP contribution in [-0.4, -0.2) is 19.6 Å². The average molecular weight is 584 g/mol. The van der Waals surface area contributed by atoms with Gasteiger partial charge in [0, 0.05) is 12.4 Å². The third-order valence-electron chi connectivity index (χ3n) is 5.13. The maximum Gasteiger partial charge on any atom is 2.00 e. The van der Waals surface area contributed by atoms with Crippen LogP contribution in [0, 0.1) is 19.1 Å². The van der Waals surface area contributed by atoms with Gasteiger partial charge in [0.2, 0.25) is 0 Å². The van der Waals surface area contributed by atoms with Crippen LogP contribution in [0.5, 0.6) is 0 Å².